The van der Waals surface area contributed by atoms with Crippen LogP contribution in [0.1, 0.15) is 5.56 Å². The summed E-state index contributed by atoms with van der Waals surface area (Å²) < 4.78 is 5.09. The van der Waals surface area contributed by atoms with Gasteiger partial charge in [0.2, 0.25) is 5.88 Å². The summed E-state index contributed by atoms with van der Waals surface area (Å²) in [6.45, 7) is 4.59. The third kappa shape index (κ3) is 5.23. The van der Waals surface area contributed by atoms with Crippen LogP contribution in [0.4, 0.5) is 5.69 Å². The predicted octanol–water partition coefficient (Wildman–Crippen LogP) is 2.61. The maximum absolute atomic E-state index is 5.09. The molecule has 6 nitrogen and oxygen atoms in total. The fourth-order valence-corrected chi connectivity index (χ4v) is 2.96. The number of ether oxygens (including phenoxy) is 1. The number of hydrogen-bond donors (Lipinski definition) is 1. The SMILES string of the molecule is CN=C(NCc1ccc(OC)nc1)N1CCN(c2ccccc2)CC1.I. The highest BCUT2D eigenvalue weighted by Gasteiger charge is 2.19. The molecule has 0 unspecified atom stereocenters. The van der Waals surface area contributed by atoms with Gasteiger partial charge < -0.3 is 19.9 Å². The molecule has 0 bridgehead atoms. The van der Waals surface area contributed by atoms with E-state index in [1.54, 1.807) is 7.11 Å². The van der Waals surface area contributed by atoms with Crippen molar-refractivity contribution in [2.45, 2.75) is 6.54 Å². The van der Waals surface area contributed by atoms with Gasteiger partial charge in [0, 0.05) is 57.7 Å². The minimum atomic E-state index is 0. The molecule has 1 aromatic carbocycles. The molecule has 0 saturated carbocycles. The van der Waals surface area contributed by atoms with Crippen LogP contribution in [-0.2, 0) is 6.54 Å². The van der Waals surface area contributed by atoms with Crippen LogP contribution >= 0.6 is 24.0 Å². The minimum absolute atomic E-state index is 0. The maximum atomic E-state index is 5.09. The van der Waals surface area contributed by atoms with Crippen LogP contribution in [0.3, 0.4) is 0 Å². The van der Waals surface area contributed by atoms with Crippen molar-refractivity contribution in [1.82, 2.24) is 15.2 Å². The molecule has 1 aromatic heterocycles. The lowest BCUT2D eigenvalue weighted by Crippen LogP contribution is -2.52. The van der Waals surface area contributed by atoms with Gasteiger partial charge in [-0.05, 0) is 17.7 Å². The highest BCUT2D eigenvalue weighted by molar-refractivity contribution is 14.0. The number of nitrogens with one attached hydrogen (secondary N) is 1. The number of aliphatic imine (C=N–C) groups is 1. The van der Waals surface area contributed by atoms with Crippen LogP contribution in [0.5, 0.6) is 5.88 Å². The van der Waals surface area contributed by atoms with E-state index in [4.69, 9.17) is 4.74 Å². The summed E-state index contributed by atoms with van der Waals surface area (Å²) in [5.41, 5.74) is 2.39. The molecule has 0 amide bonds. The smallest absolute Gasteiger partial charge is 0.212 e. The van der Waals surface area contributed by atoms with E-state index in [-0.39, 0.29) is 24.0 Å². The number of nitrogens with zero attached hydrogens (tertiary/aromatic N) is 4. The highest BCUT2D eigenvalue weighted by Crippen LogP contribution is 2.15. The van der Waals surface area contributed by atoms with E-state index in [0.717, 1.165) is 37.7 Å². The first-order valence-corrected chi connectivity index (χ1v) is 8.54. The quantitative estimate of drug-likeness (QED) is 0.426. The van der Waals surface area contributed by atoms with E-state index in [9.17, 15) is 0 Å². The number of rotatable bonds is 4. The molecule has 0 atom stereocenters. The van der Waals surface area contributed by atoms with Crippen molar-refractivity contribution in [2.75, 3.05) is 45.2 Å². The van der Waals surface area contributed by atoms with Gasteiger partial charge in [-0.15, -0.1) is 24.0 Å². The molecule has 26 heavy (non-hydrogen) atoms. The van der Waals surface area contributed by atoms with Crippen molar-refractivity contribution in [3.05, 3.63) is 54.2 Å². The van der Waals surface area contributed by atoms with Gasteiger partial charge in [-0.25, -0.2) is 4.98 Å². The first-order valence-electron chi connectivity index (χ1n) is 8.54. The van der Waals surface area contributed by atoms with Crippen molar-refractivity contribution in [3.8, 4) is 5.88 Å². The minimum Gasteiger partial charge on any atom is -0.481 e. The Morgan fingerprint density at radius 2 is 1.85 bits per heavy atom. The molecule has 1 fully saturated rings. The predicted molar refractivity (Wildman–Crippen MR) is 117 cm³/mol. The Morgan fingerprint density at radius 1 is 1.12 bits per heavy atom. The van der Waals surface area contributed by atoms with Crippen molar-refractivity contribution in [2.24, 2.45) is 4.99 Å². The Hall–Kier alpha value is -2.03. The average molecular weight is 467 g/mol. The van der Waals surface area contributed by atoms with Gasteiger partial charge in [0.05, 0.1) is 7.11 Å². The number of aromatic nitrogens is 1. The zero-order valence-corrected chi connectivity index (χ0v) is 17.6. The maximum Gasteiger partial charge on any atom is 0.212 e. The lowest BCUT2D eigenvalue weighted by atomic mass is 10.2. The Morgan fingerprint density at radius 3 is 2.42 bits per heavy atom. The second-order valence-corrected chi connectivity index (χ2v) is 5.92. The fraction of sp³-hybridized carbons (Fsp3) is 0.368. The van der Waals surface area contributed by atoms with Crippen molar-refractivity contribution < 1.29 is 4.74 Å². The molecule has 1 saturated heterocycles. The largest absolute Gasteiger partial charge is 0.481 e. The van der Waals surface area contributed by atoms with E-state index >= 15 is 0 Å². The Kier molecular flexibility index (Phi) is 7.96. The first-order chi connectivity index (χ1) is 12.3. The summed E-state index contributed by atoms with van der Waals surface area (Å²) in [6.07, 6.45) is 1.83. The lowest BCUT2D eigenvalue weighted by Gasteiger charge is -2.37. The second-order valence-electron chi connectivity index (χ2n) is 5.92. The molecule has 0 spiro atoms. The normalized spacial score (nSPS) is 14.6. The van der Waals surface area contributed by atoms with Gasteiger partial charge in [-0.1, -0.05) is 24.3 Å². The number of piperazine rings is 1. The van der Waals surface area contributed by atoms with E-state index in [2.05, 4.69) is 55.4 Å². The van der Waals surface area contributed by atoms with Crippen LogP contribution in [0.2, 0.25) is 0 Å². The molecular weight excluding hydrogens is 441 g/mol. The third-order valence-electron chi connectivity index (χ3n) is 4.37. The fourth-order valence-electron chi connectivity index (χ4n) is 2.96. The van der Waals surface area contributed by atoms with E-state index in [1.807, 2.05) is 25.4 Å². The molecule has 2 heterocycles. The summed E-state index contributed by atoms with van der Waals surface area (Å²) in [4.78, 5) is 13.4. The summed E-state index contributed by atoms with van der Waals surface area (Å²) in [5.74, 6) is 1.56. The third-order valence-corrected chi connectivity index (χ3v) is 4.37. The number of pyridine rings is 1. The standard InChI is InChI=1S/C19H25N5O.HI/c1-20-19(22-15-16-8-9-18(25-2)21-14-16)24-12-10-23(11-13-24)17-6-4-3-5-7-17;/h3-9,14H,10-13,15H2,1-2H3,(H,20,22);1H. The molecule has 140 valence electrons. The molecule has 2 aromatic rings. The highest BCUT2D eigenvalue weighted by atomic mass is 127. The molecule has 3 rings (SSSR count). The van der Waals surface area contributed by atoms with Crippen molar-refractivity contribution >= 4 is 35.6 Å². The number of guanidine groups is 1. The summed E-state index contributed by atoms with van der Waals surface area (Å²) in [5, 5.41) is 3.42. The number of hydrogen-bond acceptors (Lipinski definition) is 4. The number of anilines is 1. The van der Waals surface area contributed by atoms with Crippen LogP contribution in [0.25, 0.3) is 0 Å². The number of halogens is 1. The topological polar surface area (TPSA) is 53.0 Å². The van der Waals surface area contributed by atoms with Crippen LogP contribution in [0.15, 0.2) is 53.7 Å². The molecule has 0 radical (unpaired) electrons. The van der Waals surface area contributed by atoms with Crippen molar-refractivity contribution in [1.29, 1.82) is 0 Å². The Labute approximate surface area is 172 Å². The van der Waals surface area contributed by atoms with Crippen LogP contribution in [-0.4, -0.2) is 56.2 Å². The molecule has 1 N–H and O–H groups in total. The van der Waals surface area contributed by atoms with E-state index in [1.165, 1.54) is 5.69 Å². The van der Waals surface area contributed by atoms with Gasteiger partial charge in [0.25, 0.3) is 0 Å². The van der Waals surface area contributed by atoms with Crippen LogP contribution in [0, 0.1) is 0 Å². The van der Waals surface area contributed by atoms with Gasteiger partial charge in [-0.2, -0.15) is 0 Å². The Balaban J connectivity index is 0.00000243. The number of benzene rings is 1. The first kappa shape index (κ1) is 20.3. The van der Waals surface area contributed by atoms with Gasteiger partial charge in [-0.3, -0.25) is 4.99 Å². The summed E-state index contributed by atoms with van der Waals surface area (Å²) >= 11 is 0. The average Bonchev–Trinajstić information content (AvgIpc) is 2.70. The zero-order valence-electron chi connectivity index (χ0n) is 15.3. The molecule has 0 aliphatic carbocycles. The number of para-hydroxylation sites is 1. The van der Waals surface area contributed by atoms with Crippen molar-refractivity contribution in [3.63, 3.8) is 0 Å². The molecule has 7 heteroatoms. The molecule has 1 aliphatic rings. The molecule has 1 aliphatic heterocycles. The van der Waals surface area contributed by atoms with Gasteiger partial charge in [0.1, 0.15) is 0 Å². The second kappa shape index (κ2) is 10.2. The summed E-state index contributed by atoms with van der Waals surface area (Å²) in [6, 6.07) is 14.5. The summed E-state index contributed by atoms with van der Waals surface area (Å²) in [7, 11) is 3.45. The molecular formula is C19H26IN5O. The van der Waals surface area contributed by atoms with E-state index in [0.29, 0.717) is 12.4 Å². The van der Waals surface area contributed by atoms with Gasteiger partial charge in [0.15, 0.2) is 5.96 Å². The Bertz CT molecular complexity index is 685. The van der Waals surface area contributed by atoms with E-state index < -0.39 is 0 Å². The van der Waals surface area contributed by atoms with Crippen LogP contribution < -0.4 is 15.0 Å². The lowest BCUT2D eigenvalue weighted by molar-refractivity contribution is 0.372. The van der Waals surface area contributed by atoms with Gasteiger partial charge >= 0.3 is 0 Å². The number of methoxy groups -OCH3 is 1. The zero-order chi connectivity index (χ0) is 17.5. The monoisotopic (exact) mass is 467 g/mol.